The summed E-state index contributed by atoms with van der Waals surface area (Å²) < 4.78 is 16.0. The normalized spacial score (nSPS) is 11.3. The molecule has 1 amide bonds. The van der Waals surface area contributed by atoms with Crippen LogP contribution >= 0.6 is 11.8 Å². The van der Waals surface area contributed by atoms with Crippen LogP contribution in [0.3, 0.4) is 0 Å². The van der Waals surface area contributed by atoms with Crippen molar-refractivity contribution in [3.63, 3.8) is 0 Å². The van der Waals surface area contributed by atoms with Crippen molar-refractivity contribution in [3.05, 3.63) is 84.4 Å². The fourth-order valence-electron chi connectivity index (χ4n) is 4.03. The molecule has 0 saturated carbocycles. The van der Waals surface area contributed by atoms with E-state index in [1.165, 1.54) is 11.8 Å². The van der Waals surface area contributed by atoms with E-state index < -0.39 is 5.25 Å². The molecule has 8 heteroatoms. The number of hydrogen-bond acceptors (Lipinski definition) is 7. The van der Waals surface area contributed by atoms with Gasteiger partial charge in [0.05, 0.1) is 37.8 Å². The van der Waals surface area contributed by atoms with E-state index in [0.29, 0.717) is 34.2 Å². The predicted octanol–water partition coefficient (Wildman–Crippen LogP) is 6.82. The van der Waals surface area contributed by atoms with Crippen LogP contribution in [-0.4, -0.2) is 37.5 Å². The number of carbonyl (C=O) groups excluding carboxylic acids is 1. The second kappa shape index (κ2) is 12.9. The molecule has 0 aliphatic rings. The maximum Gasteiger partial charge on any atom is 0.237 e. The van der Waals surface area contributed by atoms with E-state index in [1.807, 2.05) is 67.6 Å². The molecule has 0 fully saturated rings. The van der Waals surface area contributed by atoms with E-state index >= 15 is 0 Å². The van der Waals surface area contributed by atoms with Gasteiger partial charge in [0.25, 0.3) is 0 Å². The standard InChI is InChI=1S/C31H29N3O4S/c1-5-29(30(35)33-22-15-24(37-3)17-25(16-22)38-4)39-31-27(19-32)26(20-11-13-23(36-2)14-12-20)18-28(34-31)21-9-7-6-8-10-21/h6-18,29H,5H2,1-4H3,(H,33,35). The lowest BCUT2D eigenvalue weighted by Crippen LogP contribution is -2.25. The number of amides is 1. The highest BCUT2D eigenvalue weighted by atomic mass is 32.2. The van der Waals surface area contributed by atoms with Gasteiger partial charge < -0.3 is 19.5 Å². The molecule has 4 aromatic rings. The first-order chi connectivity index (χ1) is 19.0. The number of thioether (sulfide) groups is 1. The SMILES string of the molecule is CCC(Sc1nc(-c2ccccc2)cc(-c2ccc(OC)cc2)c1C#N)C(=O)Nc1cc(OC)cc(OC)c1. The number of rotatable bonds is 10. The number of carbonyl (C=O) groups is 1. The van der Waals surface area contributed by atoms with Crippen molar-refractivity contribution in [2.45, 2.75) is 23.6 Å². The second-order valence-electron chi connectivity index (χ2n) is 8.55. The Bertz CT molecular complexity index is 1460. The largest absolute Gasteiger partial charge is 0.497 e. The van der Waals surface area contributed by atoms with Gasteiger partial charge in [-0.05, 0) is 30.2 Å². The monoisotopic (exact) mass is 539 g/mol. The van der Waals surface area contributed by atoms with Gasteiger partial charge in [-0.1, -0.05) is 61.2 Å². The van der Waals surface area contributed by atoms with Crippen LogP contribution in [0.25, 0.3) is 22.4 Å². The molecule has 0 bridgehead atoms. The number of aromatic nitrogens is 1. The summed E-state index contributed by atoms with van der Waals surface area (Å²) in [5.74, 6) is 1.65. The van der Waals surface area contributed by atoms with Crippen LogP contribution in [0.2, 0.25) is 0 Å². The van der Waals surface area contributed by atoms with Gasteiger partial charge in [0.1, 0.15) is 28.3 Å². The number of nitriles is 1. The van der Waals surface area contributed by atoms with E-state index in [9.17, 15) is 10.1 Å². The zero-order chi connectivity index (χ0) is 27.8. The highest BCUT2D eigenvalue weighted by Crippen LogP contribution is 2.37. The first-order valence-corrected chi connectivity index (χ1v) is 13.2. The third-order valence-electron chi connectivity index (χ3n) is 6.10. The Morgan fingerprint density at radius 1 is 0.897 bits per heavy atom. The fourth-order valence-corrected chi connectivity index (χ4v) is 5.06. The lowest BCUT2D eigenvalue weighted by Gasteiger charge is -2.18. The molecule has 7 nitrogen and oxygen atoms in total. The quantitative estimate of drug-likeness (QED) is 0.221. The van der Waals surface area contributed by atoms with Gasteiger partial charge in [0, 0.05) is 35.0 Å². The van der Waals surface area contributed by atoms with Gasteiger partial charge in [-0.3, -0.25) is 4.79 Å². The van der Waals surface area contributed by atoms with E-state index in [-0.39, 0.29) is 5.91 Å². The molecule has 0 aliphatic carbocycles. The smallest absolute Gasteiger partial charge is 0.237 e. The van der Waals surface area contributed by atoms with E-state index in [4.69, 9.17) is 19.2 Å². The van der Waals surface area contributed by atoms with Gasteiger partial charge in [0.15, 0.2) is 0 Å². The number of nitrogens with one attached hydrogen (secondary N) is 1. The summed E-state index contributed by atoms with van der Waals surface area (Å²) >= 11 is 1.28. The number of ether oxygens (including phenoxy) is 3. The number of anilines is 1. The van der Waals surface area contributed by atoms with Crippen molar-refractivity contribution in [3.8, 4) is 45.7 Å². The van der Waals surface area contributed by atoms with Gasteiger partial charge in [0.2, 0.25) is 5.91 Å². The molecule has 39 heavy (non-hydrogen) atoms. The van der Waals surface area contributed by atoms with Crippen LogP contribution in [0, 0.1) is 11.3 Å². The maximum atomic E-state index is 13.4. The fraction of sp³-hybridized carbons (Fsp3) is 0.194. The van der Waals surface area contributed by atoms with Crippen molar-refractivity contribution >= 4 is 23.4 Å². The summed E-state index contributed by atoms with van der Waals surface area (Å²) in [6, 6.07) is 26.8. The van der Waals surface area contributed by atoms with E-state index in [1.54, 1.807) is 39.5 Å². The summed E-state index contributed by atoms with van der Waals surface area (Å²) in [5.41, 5.74) is 4.20. The van der Waals surface area contributed by atoms with Crippen LogP contribution in [0.5, 0.6) is 17.2 Å². The molecule has 1 heterocycles. The minimum Gasteiger partial charge on any atom is -0.497 e. The summed E-state index contributed by atoms with van der Waals surface area (Å²) in [6.45, 7) is 1.93. The zero-order valence-corrected chi connectivity index (χ0v) is 23.0. The zero-order valence-electron chi connectivity index (χ0n) is 22.2. The maximum absolute atomic E-state index is 13.4. The lowest BCUT2D eigenvalue weighted by atomic mass is 9.99. The highest BCUT2D eigenvalue weighted by molar-refractivity contribution is 8.00. The summed E-state index contributed by atoms with van der Waals surface area (Å²) in [7, 11) is 4.72. The Hall–Kier alpha value is -4.48. The highest BCUT2D eigenvalue weighted by Gasteiger charge is 2.24. The molecule has 0 spiro atoms. The molecule has 1 N–H and O–H groups in total. The number of nitrogens with zero attached hydrogens (tertiary/aromatic N) is 2. The Morgan fingerprint density at radius 3 is 2.10 bits per heavy atom. The summed E-state index contributed by atoms with van der Waals surface area (Å²) in [4.78, 5) is 18.3. The molecule has 1 unspecified atom stereocenters. The molecule has 3 aromatic carbocycles. The van der Waals surface area contributed by atoms with Gasteiger partial charge >= 0.3 is 0 Å². The third-order valence-corrected chi connectivity index (χ3v) is 7.46. The lowest BCUT2D eigenvalue weighted by molar-refractivity contribution is -0.115. The predicted molar refractivity (Wildman–Crippen MR) is 154 cm³/mol. The van der Waals surface area contributed by atoms with Gasteiger partial charge in [-0.2, -0.15) is 5.26 Å². The Kier molecular flexibility index (Phi) is 9.08. The average molecular weight is 540 g/mol. The van der Waals surface area contributed by atoms with Crippen molar-refractivity contribution < 1.29 is 19.0 Å². The Labute approximate surface area is 232 Å². The van der Waals surface area contributed by atoms with Gasteiger partial charge in [-0.25, -0.2) is 4.98 Å². The second-order valence-corrected chi connectivity index (χ2v) is 9.74. The number of methoxy groups -OCH3 is 3. The Balaban J connectivity index is 1.73. The average Bonchev–Trinajstić information content (AvgIpc) is 2.99. The van der Waals surface area contributed by atoms with E-state index in [2.05, 4.69) is 11.4 Å². The molecule has 1 atom stereocenters. The van der Waals surface area contributed by atoms with Crippen LogP contribution in [0.15, 0.2) is 83.9 Å². The first-order valence-electron chi connectivity index (χ1n) is 12.3. The molecular weight excluding hydrogens is 510 g/mol. The molecule has 0 aliphatic heterocycles. The van der Waals surface area contributed by atoms with Crippen LogP contribution in [-0.2, 0) is 4.79 Å². The van der Waals surface area contributed by atoms with Crippen LogP contribution < -0.4 is 19.5 Å². The molecular formula is C31H29N3O4S. The molecule has 198 valence electrons. The minimum absolute atomic E-state index is 0.209. The number of pyridine rings is 1. The number of hydrogen-bond donors (Lipinski definition) is 1. The topological polar surface area (TPSA) is 93.5 Å². The van der Waals surface area contributed by atoms with Crippen molar-refractivity contribution in [1.29, 1.82) is 5.26 Å². The van der Waals surface area contributed by atoms with Crippen LogP contribution in [0.4, 0.5) is 5.69 Å². The third kappa shape index (κ3) is 6.51. The van der Waals surface area contributed by atoms with Gasteiger partial charge in [-0.15, -0.1) is 0 Å². The molecule has 0 saturated heterocycles. The molecule has 4 rings (SSSR count). The summed E-state index contributed by atoms with van der Waals surface area (Å²) in [6.07, 6.45) is 0.525. The van der Waals surface area contributed by atoms with Crippen molar-refractivity contribution in [2.24, 2.45) is 0 Å². The molecule has 1 aromatic heterocycles. The Morgan fingerprint density at radius 2 is 1.54 bits per heavy atom. The molecule has 0 radical (unpaired) electrons. The van der Waals surface area contributed by atoms with Crippen molar-refractivity contribution in [2.75, 3.05) is 26.6 Å². The minimum atomic E-state index is -0.503. The summed E-state index contributed by atoms with van der Waals surface area (Å²) in [5, 5.41) is 13.2. The van der Waals surface area contributed by atoms with E-state index in [0.717, 1.165) is 28.1 Å². The van der Waals surface area contributed by atoms with Crippen molar-refractivity contribution in [1.82, 2.24) is 4.98 Å². The number of benzene rings is 3. The first kappa shape index (κ1) is 27.6. The van der Waals surface area contributed by atoms with Crippen LogP contribution in [0.1, 0.15) is 18.9 Å².